The van der Waals surface area contributed by atoms with Crippen molar-refractivity contribution in [3.63, 3.8) is 0 Å². The summed E-state index contributed by atoms with van der Waals surface area (Å²) >= 11 is 0. The topological polar surface area (TPSA) is 21.7 Å². The number of hydrogen-bond donors (Lipinski definition) is 0. The van der Waals surface area contributed by atoms with Gasteiger partial charge in [-0.1, -0.05) is 0 Å². The van der Waals surface area contributed by atoms with Crippen molar-refractivity contribution >= 4 is 0 Å². The number of hydrogen-bond acceptors (Lipinski definition) is 3. The Kier molecular flexibility index (Phi) is 2.87. The Bertz CT molecular complexity index is 112. The molecule has 0 unspecified atom stereocenters. The van der Waals surface area contributed by atoms with Crippen LogP contribution in [0.4, 0.5) is 0 Å². The smallest absolute Gasteiger partial charge is 0.101 e. The molecule has 1 saturated heterocycles. The Labute approximate surface area is 68.3 Å². The first kappa shape index (κ1) is 8.97. The highest BCUT2D eigenvalue weighted by molar-refractivity contribution is 4.72. The average molecular weight is 159 g/mol. The molecule has 1 heterocycles. The van der Waals surface area contributed by atoms with Crippen LogP contribution in [0.25, 0.3) is 0 Å². The minimum absolute atomic E-state index is 0.143. The third-order valence-corrected chi connectivity index (χ3v) is 1.81. The van der Waals surface area contributed by atoms with E-state index in [1.54, 1.807) is 0 Å². The second-order valence-corrected chi connectivity index (χ2v) is 3.79. The van der Waals surface area contributed by atoms with E-state index in [1.807, 2.05) is 0 Å². The maximum absolute atomic E-state index is 5.33. The van der Waals surface area contributed by atoms with Gasteiger partial charge in [0.2, 0.25) is 0 Å². The molecule has 0 aromatic rings. The third-order valence-electron chi connectivity index (χ3n) is 1.81. The van der Waals surface area contributed by atoms with E-state index in [-0.39, 0.29) is 5.54 Å². The summed E-state index contributed by atoms with van der Waals surface area (Å²) in [5, 5.41) is 0. The van der Waals surface area contributed by atoms with Crippen molar-refractivity contribution < 1.29 is 9.47 Å². The van der Waals surface area contributed by atoms with Crippen molar-refractivity contribution in [1.29, 1.82) is 0 Å². The van der Waals surface area contributed by atoms with E-state index >= 15 is 0 Å². The molecule has 0 aromatic carbocycles. The van der Waals surface area contributed by atoms with Crippen LogP contribution in [0.1, 0.15) is 20.8 Å². The quantitative estimate of drug-likeness (QED) is 0.527. The second kappa shape index (κ2) is 3.52. The van der Waals surface area contributed by atoms with Crippen LogP contribution in [0, 0.1) is 0 Å². The van der Waals surface area contributed by atoms with E-state index in [1.165, 1.54) is 0 Å². The highest BCUT2D eigenvalue weighted by Crippen LogP contribution is 2.13. The lowest BCUT2D eigenvalue weighted by molar-refractivity contribution is -0.0315. The van der Waals surface area contributed by atoms with Crippen molar-refractivity contribution in [3.8, 4) is 0 Å². The molecule has 1 aliphatic rings. The molecule has 11 heavy (non-hydrogen) atoms. The number of rotatable bonds is 0. The highest BCUT2D eigenvalue weighted by atomic mass is 16.6. The Morgan fingerprint density at radius 1 is 1.00 bits per heavy atom. The molecule has 0 saturated carbocycles. The summed E-state index contributed by atoms with van der Waals surface area (Å²) in [6.45, 7) is 9.27. The lowest BCUT2D eigenvalue weighted by Gasteiger charge is -2.32. The Morgan fingerprint density at radius 2 is 1.45 bits per heavy atom. The molecule has 0 aliphatic carbocycles. The zero-order valence-electron chi connectivity index (χ0n) is 7.59. The Balaban J connectivity index is 2.43. The summed E-state index contributed by atoms with van der Waals surface area (Å²) < 4.78 is 10.7. The van der Waals surface area contributed by atoms with Crippen molar-refractivity contribution in [2.24, 2.45) is 0 Å². The fourth-order valence-corrected chi connectivity index (χ4v) is 0.892. The van der Waals surface area contributed by atoms with Crippen LogP contribution in [0.15, 0.2) is 0 Å². The van der Waals surface area contributed by atoms with Gasteiger partial charge in [0.05, 0.1) is 13.2 Å². The molecule has 0 bridgehead atoms. The summed E-state index contributed by atoms with van der Waals surface area (Å²) in [6, 6.07) is 0. The van der Waals surface area contributed by atoms with Crippen molar-refractivity contribution in [2.75, 3.05) is 26.7 Å². The van der Waals surface area contributed by atoms with Crippen LogP contribution >= 0.6 is 0 Å². The maximum Gasteiger partial charge on any atom is 0.101 e. The largest absolute Gasteiger partial charge is 0.364 e. The molecule has 1 aliphatic heterocycles. The fourth-order valence-electron chi connectivity index (χ4n) is 0.892. The second-order valence-electron chi connectivity index (χ2n) is 3.79. The van der Waals surface area contributed by atoms with E-state index in [4.69, 9.17) is 9.47 Å². The maximum atomic E-state index is 5.33. The molecule has 0 atom stereocenters. The fraction of sp³-hybridized carbons (Fsp3) is 1.00. The van der Waals surface area contributed by atoms with Gasteiger partial charge >= 0.3 is 0 Å². The van der Waals surface area contributed by atoms with Crippen molar-refractivity contribution in [3.05, 3.63) is 0 Å². The highest BCUT2D eigenvalue weighted by Gasteiger charge is 2.22. The standard InChI is InChI=1S/C8H17NO2/c1-8(2,3)9-6-10-4-5-11-7-9/h4-7H2,1-3H3. The predicted molar refractivity (Wildman–Crippen MR) is 43.2 cm³/mol. The van der Waals surface area contributed by atoms with Crippen molar-refractivity contribution in [1.82, 2.24) is 4.90 Å². The normalized spacial score (nSPS) is 23.2. The average Bonchev–Trinajstić information content (AvgIpc) is 2.10. The van der Waals surface area contributed by atoms with Gasteiger partial charge in [0.15, 0.2) is 0 Å². The third kappa shape index (κ3) is 2.77. The zero-order chi connectivity index (χ0) is 8.32. The number of ether oxygens (including phenoxy) is 2. The van der Waals surface area contributed by atoms with E-state index in [0.29, 0.717) is 26.7 Å². The predicted octanol–water partition coefficient (Wildman–Crippen LogP) is 1.05. The SMILES string of the molecule is CC(C)(C)N1COCCOC1. The minimum Gasteiger partial charge on any atom is -0.364 e. The molecule has 3 nitrogen and oxygen atoms in total. The van der Waals surface area contributed by atoms with Gasteiger partial charge < -0.3 is 9.47 Å². The molecule has 66 valence electrons. The van der Waals surface area contributed by atoms with E-state index < -0.39 is 0 Å². The molecule has 1 fully saturated rings. The van der Waals surface area contributed by atoms with Crippen LogP contribution in [-0.2, 0) is 9.47 Å². The van der Waals surface area contributed by atoms with Gasteiger partial charge in [-0.3, -0.25) is 4.90 Å². The summed E-state index contributed by atoms with van der Waals surface area (Å²) in [4.78, 5) is 2.17. The summed E-state index contributed by atoms with van der Waals surface area (Å²) in [5.41, 5.74) is 0.143. The lowest BCUT2D eigenvalue weighted by atomic mass is 10.1. The Hall–Kier alpha value is -0.120. The van der Waals surface area contributed by atoms with Gasteiger partial charge in [0, 0.05) is 5.54 Å². The molecular formula is C8H17NO2. The van der Waals surface area contributed by atoms with Crippen LogP contribution < -0.4 is 0 Å². The molecule has 0 spiro atoms. The molecule has 1 rings (SSSR count). The minimum atomic E-state index is 0.143. The molecule has 0 N–H and O–H groups in total. The first-order valence-electron chi connectivity index (χ1n) is 4.01. The van der Waals surface area contributed by atoms with Gasteiger partial charge in [-0.2, -0.15) is 0 Å². The first-order chi connectivity index (χ1) is 5.11. The Morgan fingerprint density at radius 3 is 1.82 bits per heavy atom. The summed E-state index contributed by atoms with van der Waals surface area (Å²) in [5.74, 6) is 0. The van der Waals surface area contributed by atoms with Gasteiger partial charge in [0.25, 0.3) is 0 Å². The molecule has 0 aromatic heterocycles. The first-order valence-corrected chi connectivity index (χ1v) is 4.01. The van der Waals surface area contributed by atoms with Crippen LogP contribution in [0.3, 0.4) is 0 Å². The summed E-state index contributed by atoms with van der Waals surface area (Å²) in [6.07, 6.45) is 0. The lowest BCUT2D eigenvalue weighted by Crippen LogP contribution is -2.42. The monoisotopic (exact) mass is 159 g/mol. The molecule has 3 heteroatoms. The van der Waals surface area contributed by atoms with Gasteiger partial charge in [-0.15, -0.1) is 0 Å². The van der Waals surface area contributed by atoms with Crippen LogP contribution in [0.2, 0.25) is 0 Å². The van der Waals surface area contributed by atoms with E-state index in [9.17, 15) is 0 Å². The molecular weight excluding hydrogens is 142 g/mol. The van der Waals surface area contributed by atoms with E-state index in [2.05, 4.69) is 25.7 Å². The molecule has 0 amide bonds. The van der Waals surface area contributed by atoms with Crippen LogP contribution in [0.5, 0.6) is 0 Å². The molecule has 0 radical (unpaired) electrons. The van der Waals surface area contributed by atoms with Crippen LogP contribution in [-0.4, -0.2) is 37.1 Å². The zero-order valence-corrected chi connectivity index (χ0v) is 7.59. The van der Waals surface area contributed by atoms with Gasteiger partial charge in [-0.25, -0.2) is 0 Å². The number of nitrogens with zero attached hydrogens (tertiary/aromatic N) is 1. The summed E-state index contributed by atoms with van der Waals surface area (Å²) in [7, 11) is 0. The van der Waals surface area contributed by atoms with Crippen molar-refractivity contribution in [2.45, 2.75) is 26.3 Å². The van der Waals surface area contributed by atoms with E-state index in [0.717, 1.165) is 0 Å². The van der Waals surface area contributed by atoms with Gasteiger partial charge in [0.1, 0.15) is 13.5 Å². The van der Waals surface area contributed by atoms with Gasteiger partial charge in [-0.05, 0) is 20.8 Å².